The van der Waals surface area contributed by atoms with E-state index in [1.165, 1.54) is 0 Å². The summed E-state index contributed by atoms with van der Waals surface area (Å²) in [6, 6.07) is 12.1. The van der Waals surface area contributed by atoms with Crippen LogP contribution in [0.4, 0.5) is 11.4 Å². The van der Waals surface area contributed by atoms with Crippen LogP contribution in [0.1, 0.15) is 5.56 Å². The van der Waals surface area contributed by atoms with Crippen LogP contribution in [0, 0.1) is 0 Å². The van der Waals surface area contributed by atoms with Gasteiger partial charge in [0.15, 0.2) is 0 Å². The van der Waals surface area contributed by atoms with E-state index in [2.05, 4.69) is 14.9 Å². The summed E-state index contributed by atoms with van der Waals surface area (Å²) in [6.07, 6.45) is 0. The molecule has 1 saturated heterocycles. The summed E-state index contributed by atoms with van der Waals surface area (Å²) in [6.45, 7) is 3.62. The van der Waals surface area contributed by atoms with Crippen LogP contribution in [-0.4, -0.2) is 48.8 Å². The quantitative estimate of drug-likeness (QED) is 0.706. The third-order valence-electron chi connectivity index (χ3n) is 4.48. The molecule has 7 nitrogen and oxygen atoms in total. The summed E-state index contributed by atoms with van der Waals surface area (Å²) < 4.78 is 39.2. The molecule has 0 aromatic heterocycles. The number of methoxy groups -OCH3 is 2. The number of nitrogens with one attached hydrogen (secondary N) is 2. The maximum atomic E-state index is 13.0. The Balaban J connectivity index is 0.00000280. The van der Waals surface area contributed by atoms with Gasteiger partial charge in [-0.1, -0.05) is 18.2 Å². The van der Waals surface area contributed by atoms with Crippen molar-refractivity contribution in [3.63, 3.8) is 0 Å². The Hall–Kier alpha value is -2.00. The van der Waals surface area contributed by atoms with Crippen molar-refractivity contribution in [3.8, 4) is 5.75 Å². The molecule has 1 heterocycles. The molecule has 2 N–H and O–H groups in total. The van der Waals surface area contributed by atoms with Gasteiger partial charge in [0.2, 0.25) is 0 Å². The molecule has 1 aliphatic rings. The highest BCUT2D eigenvalue weighted by atomic mass is 35.5. The van der Waals surface area contributed by atoms with Gasteiger partial charge in [0, 0.05) is 38.9 Å². The van der Waals surface area contributed by atoms with Crippen molar-refractivity contribution in [2.24, 2.45) is 0 Å². The first-order valence-electron chi connectivity index (χ1n) is 8.78. The molecule has 1 fully saturated rings. The molecule has 0 aliphatic carbocycles. The smallest absolute Gasteiger partial charge is 0.261 e. The molecule has 2 aromatic rings. The minimum Gasteiger partial charge on any atom is -0.495 e. The summed E-state index contributed by atoms with van der Waals surface area (Å²) in [5, 5.41) is 3.29. The lowest BCUT2D eigenvalue weighted by Crippen LogP contribution is -2.43. The Morgan fingerprint density at radius 2 is 1.82 bits per heavy atom. The summed E-state index contributed by atoms with van der Waals surface area (Å²) >= 11 is 0. The van der Waals surface area contributed by atoms with Crippen molar-refractivity contribution >= 4 is 33.8 Å². The molecule has 0 atom stereocenters. The molecule has 154 valence electrons. The molecule has 0 bridgehead atoms. The van der Waals surface area contributed by atoms with Crippen LogP contribution in [0.15, 0.2) is 47.4 Å². The largest absolute Gasteiger partial charge is 0.495 e. The average Bonchev–Trinajstić information content (AvgIpc) is 2.69. The Morgan fingerprint density at radius 3 is 2.50 bits per heavy atom. The summed E-state index contributed by atoms with van der Waals surface area (Å²) in [5.41, 5.74) is 2.07. The van der Waals surface area contributed by atoms with Crippen LogP contribution in [-0.2, 0) is 21.4 Å². The van der Waals surface area contributed by atoms with E-state index in [1.54, 1.807) is 44.6 Å². The molecular formula is C19H26ClN3O4S. The van der Waals surface area contributed by atoms with E-state index >= 15 is 0 Å². The van der Waals surface area contributed by atoms with Gasteiger partial charge in [-0.3, -0.25) is 4.72 Å². The SMILES string of the molecule is COCc1ccccc1NS(=O)(=O)c1ccc(OC)c(N2CCNCC2)c1.Cl. The van der Waals surface area contributed by atoms with Crippen molar-refractivity contribution in [3.05, 3.63) is 48.0 Å². The van der Waals surface area contributed by atoms with Crippen molar-refractivity contribution in [1.29, 1.82) is 0 Å². The predicted octanol–water partition coefficient (Wildman–Crippen LogP) is 2.47. The number of rotatable bonds is 7. The van der Waals surface area contributed by atoms with Gasteiger partial charge >= 0.3 is 0 Å². The molecule has 0 radical (unpaired) electrons. The second-order valence-corrected chi connectivity index (χ2v) is 7.95. The normalized spacial score (nSPS) is 14.3. The number of ether oxygens (including phenoxy) is 2. The van der Waals surface area contributed by atoms with E-state index < -0.39 is 10.0 Å². The first-order valence-corrected chi connectivity index (χ1v) is 10.3. The number of piperazine rings is 1. The zero-order valence-corrected chi connectivity index (χ0v) is 17.6. The van der Waals surface area contributed by atoms with E-state index in [1.807, 2.05) is 12.1 Å². The van der Waals surface area contributed by atoms with Crippen molar-refractivity contribution in [1.82, 2.24) is 5.32 Å². The van der Waals surface area contributed by atoms with Gasteiger partial charge in [-0.25, -0.2) is 8.42 Å². The van der Waals surface area contributed by atoms with Gasteiger partial charge < -0.3 is 19.7 Å². The van der Waals surface area contributed by atoms with E-state index in [9.17, 15) is 8.42 Å². The number of hydrogen-bond donors (Lipinski definition) is 2. The second kappa shape index (κ2) is 9.97. The molecule has 0 unspecified atom stereocenters. The Bertz CT molecular complexity index is 886. The summed E-state index contributed by atoms with van der Waals surface area (Å²) in [7, 11) is -0.574. The van der Waals surface area contributed by atoms with E-state index in [-0.39, 0.29) is 17.3 Å². The van der Waals surface area contributed by atoms with E-state index in [0.717, 1.165) is 37.4 Å². The van der Waals surface area contributed by atoms with Crippen molar-refractivity contribution < 1.29 is 17.9 Å². The molecule has 3 rings (SSSR count). The monoisotopic (exact) mass is 427 g/mol. The Kier molecular flexibility index (Phi) is 7.94. The standard InChI is InChI=1S/C19H25N3O4S.ClH/c1-25-14-15-5-3-4-6-17(15)21-27(23,24)16-7-8-19(26-2)18(13-16)22-11-9-20-10-12-22;/h3-8,13,20-21H,9-12,14H2,1-2H3;1H. The molecular weight excluding hydrogens is 402 g/mol. The third kappa shape index (κ3) is 5.08. The zero-order valence-electron chi connectivity index (χ0n) is 16.0. The summed E-state index contributed by atoms with van der Waals surface area (Å²) in [5.74, 6) is 0.663. The maximum Gasteiger partial charge on any atom is 0.261 e. The van der Waals surface area contributed by atoms with Gasteiger partial charge in [0.1, 0.15) is 5.75 Å². The van der Waals surface area contributed by atoms with Crippen LogP contribution >= 0.6 is 12.4 Å². The van der Waals surface area contributed by atoms with Gasteiger partial charge in [0.05, 0.1) is 30.0 Å². The third-order valence-corrected chi connectivity index (χ3v) is 5.84. The molecule has 0 amide bonds. The molecule has 2 aromatic carbocycles. The van der Waals surface area contributed by atoms with Crippen molar-refractivity contribution in [2.75, 3.05) is 50.0 Å². The van der Waals surface area contributed by atoms with Crippen LogP contribution in [0.5, 0.6) is 5.75 Å². The molecule has 0 saturated carbocycles. The molecule has 1 aliphatic heterocycles. The van der Waals surface area contributed by atoms with Gasteiger partial charge in [-0.2, -0.15) is 0 Å². The van der Waals surface area contributed by atoms with E-state index in [0.29, 0.717) is 18.0 Å². The average molecular weight is 428 g/mol. The first-order chi connectivity index (χ1) is 13.0. The lowest BCUT2D eigenvalue weighted by atomic mass is 10.2. The highest BCUT2D eigenvalue weighted by Crippen LogP contribution is 2.32. The number of hydrogen-bond acceptors (Lipinski definition) is 6. The number of para-hydroxylation sites is 1. The van der Waals surface area contributed by atoms with Crippen LogP contribution in [0.3, 0.4) is 0 Å². The predicted molar refractivity (Wildman–Crippen MR) is 113 cm³/mol. The fourth-order valence-electron chi connectivity index (χ4n) is 3.09. The number of benzene rings is 2. The molecule has 0 spiro atoms. The Labute approximate surface area is 172 Å². The van der Waals surface area contributed by atoms with Crippen molar-refractivity contribution in [2.45, 2.75) is 11.5 Å². The van der Waals surface area contributed by atoms with Gasteiger partial charge in [-0.15, -0.1) is 12.4 Å². The topological polar surface area (TPSA) is 79.9 Å². The zero-order chi connectivity index (χ0) is 19.3. The van der Waals surface area contributed by atoms with E-state index in [4.69, 9.17) is 9.47 Å². The minimum absolute atomic E-state index is 0. The molecule has 9 heteroatoms. The van der Waals surface area contributed by atoms with Crippen LogP contribution < -0.4 is 19.7 Å². The highest BCUT2D eigenvalue weighted by molar-refractivity contribution is 7.92. The first kappa shape index (κ1) is 22.3. The highest BCUT2D eigenvalue weighted by Gasteiger charge is 2.21. The maximum absolute atomic E-state index is 13.0. The fourth-order valence-corrected chi connectivity index (χ4v) is 4.22. The van der Waals surface area contributed by atoms with Gasteiger partial charge in [0.25, 0.3) is 10.0 Å². The van der Waals surface area contributed by atoms with Crippen LogP contribution in [0.25, 0.3) is 0 Å². The Morgan fingerprint density at radius 1 is 1.11 bits per heavy atom. The number of halogens is 1. The lowest BCUT2D eigenvalue weighted by Gasteiger charge is -2.30. The summed E-state index contributed by atoms with van der Waals surface area (Å²) in [4.78, 5) is 2.33. The lowest BCUT2D eigenvalue weighted by molar-refractivity contribution is 0.185. The number of sulfonamides is 1. The van der Waals surface area contributed by atoms with Crippen LogP contribution in [0.2, 0.25) is 0 Å². The fraction of sp³-hybridized carbons (Fsp3) is 0.368. The molecule has 28 heavy (non-hydrogen) atoms. The van der Waals surface area contributed by atoms with Gasteiger partial charge in [-0.05, 0) is 24.3 Å². The minimum atomic E-state index is -3.74. The number of anilines is 2. The number of nitrogens with zero attached hydrogens (tertiary/aromatic N) is 1. The second-order valence-electron chi connectivity index (χ2n) is 6.27.